The Morgan fingerprint density at radius 3 is 2.50 bits per heavy atom. The van der Waals surface area contributed by atoms with Gasteiger partial charge in [-0.1, -0.05) is 5.92 Å². The van der Waals surface area contributed by atoms with Crippen molar-refractivity contribution in [3.05, 3.63) is 23.8 Å². The van der Waals surface area contributed by atoms with Gasteiger partial charge in [0.15, 0.2) is 6.10 Å². The molecule has 1 aromatic carbocycles. The van der Waals surface area contributed by atoms with Crippen LogP contribution in [-0.4, -0.2) is 106 Å². The van der Waals surface area contributed by atoms with E-state index in [-0.39, 0.29) is 37.4 Å². The summed E-state index contributed by atoms with van der Waals surface area (Å²) in [7, 11) is 1.59. The van der Waals surface area contributed by atoms with Crippen LogP contribution in [0, 0.1) is 12.3 Å². The first-order valence-electron chi connectivity index (χ1n) is 13.1. The number of carbonyl (C=O) groups excluding carboxylic acids is 2. The second-order valence-corrected chi connectivity index (χ2v) is 8.71. The molecule has 1 heterocycles. The average Bonchev–Trinajstić information content (AvgIpc) is 2.95. The molecule has 42 heavy (non-hydrogen) atoms. The Labute approximate surface area is 243 Å². The molecule has 1 aliphatic rings. The average molecular weight is 604 g/mol. The van der Waals surface area contributed by atoms with Crippen molar-refractivity contribution in [2.45, 2.75) is 50.2 Å². The summed E-state index contributed by atoms with van der Waals surface area (Å²) in [4.78, 5) is 33.1. The number of carboxylic acids is 1. The van der Waals surface area contributed by atoms with Gasteiger partial charge in [-0.2, -0.15) is 0 Å². The van der Waals surface area contributed by atoms with Crippen LogP contribution in [-0.2, 0) is 33.3 Å². The van der Waals surface area contributed by atoms with Gasteiger partial charge < -0.3 is 55.1 Å². The molecule has 1 amide bonds. The van der Waals surface area contributed by atoms with Crippen molar-refractivity contribution in [3.8, 4) is 18.1 Å². The smallest absolute Gasteiger partial charge is 0.333 e. The molecule has 2 rings (SSSR count). The Morgan fingerprint density at radius 1 is 1.21 bits per heavy atom. The van der Waals surface area contributed by atoms with Gasteiger partial charge in [-0.25, -0.2) is 13.6 Å². The molecule has 0 bridgehead atoms. The molecule has 236 valence electrons. The van der Waals surface area contributed by atoms with Crippen LogP contribution in [0.25, 0.3) is 0 Å². The topological polar surface area (TPSA) is 188 Å². The monoisotopic (exact) mass is 603 g/mol. The van der Waals surface area contributed by atoms with Crippen LogP contribution in [0.3, 0.4) is 0 Å². The molecule has 1 fully saturated rings. The number of amides is 1. The third-order valence-electron chi connectivity index (χ3n) is 5.55. The number of ether oxygens (including phenoxy) is 5. The van der Waals surface area contributed by atoms with Crippen molar-refractivity contribution in [1.29, 1.82) is 0 Å². The van der Waals surface area contributed by atoms with Crippen LogP contribution in [0.5, 0.6) is 5.75 Å². The standard InChI is InChI=1S/C18H25F2N3O6.C9H14O4/c1-22-12(4-5-21)17(25)23-9-2-3-13(11(6-9)16(19)20)28-15-8-10(24)7-14(29-15)18(26)27;1-2-4-11-6-8-13-9-7-12-5-3-10/h2-3,6,10,12,14-16,22,24H,4-5,7-8,21H2,1H3,(H,23,25)(H,26,27);1,3H,4-9H2. The minimum absolute atomic E-state index is 0.0616. The number of aliphatic hydroxyl groups excluding tert-OH is 1. The summed E-state index contributed by atoms with van der Waals surface area (Å²) in [6.07, 6.45) is -0.552. The molecule has 0 radical (unpaired) electrons. The van der Waals surface area contributed by atoms with E-state index in [4.69, 9.17) is 40.9 Å². The van der Waals surface area contributed by atoms with E-state index in [9.17, 15) is 28.3 Å². The van der Waals surface area contributed by atoms with E-state index in [1.54, 1.807) is 7.05 Å². The maximum Gasteiger partial charge on any atom is 0.333 e. The van der Waals surface area contributed by atoms with Crippen LogP contribution in [0.15, 0.2) is 18.2 Å². The van der Waals surface area contributed by atoms with Crippen molar-refractivity contribution in [1.82, 2.24) is 5.32 Å². The Balaban J connectivity index is 0.000000572. The fraction of sp³-hybridized carbons (Fsp3) is 0.593. The lowest BCUT2D eigenvalue weighted by molar-refractivity contribution is -0.195. The van der Waals surface area contributed by atoms with E-state index in [2.05, 4.69) is 16.6 Å². The number of halogens is 2. The summed E-state index contributed by atoms with van der Waals surface area (Å²) in [5.41, 5.74) is 5.08. The minimum Gasteiger partial charge on any atom is -0.479 e. The maximum atomic E-state index is 13.5. The molecule has 1 aliphatic heterocycles. The summed E-state index contributed by atoms with van der Waals surface area (Å²) in [6, 6.07) is 3.11. The zero-order valence-electron chi connectivity index (χ0n) is 23.3. The molecular formula is C27H39F2N3O10. The first-order valence-corrected chi connectivity index (χ1v) is 13.1. The molecule has 4 unspecified atom stereocenters. The number of carboxylic acid groups (broad SMARTS) is 1. The normalized spacial score (nSPS) is 18.7. The molecule has 15 heteroatoms. The third kappa shape index (κ3) is 14.6. The first kappa shape index (κ1) is 36.8. The summed E-state index contributed by atoms with van der Waals surface area (Å²) in [6.45, 7) is 2.58. The fourth-order valence-corrected chi connectivity index (χ4v) is 3.54. The van der Waals surface area contributed by atoms with Crippen molar-refractivity contribution < 1.29 is 57.1 Å². The highest BCUT2D eigenvalue weighted by atomic mass is 19.3. The highest BCUT2D eigenvalue weighted by Crippen LogP contribution is 2.34. The number of aliphatic carboxylic acids is 1. The van der Waals surface area contributed by atoms with Gasteiger partial charge in [0.05, 0.1) is 44.1 Å². The number of nitrogens with one attached hydrogen (secondary N) is 2. The predicted octanol–water partition coefficient (Wildman–Crippen LogP) is 0.697. The van der Waals surface area contributed by atoms with Gasteiger partial charge in [0.25, 0.3) is 6.43 Å². The van der Waals surface area contributed by atoms with Gasteiger partial charge in [0, 0.05) is 18.5 Å². The number of terminal acetylenes is 1. The zero-order chi connectivity index (χ0) is 31.3. The zero-order valence-corrected chi connectivity index (χ0v) is 23.3. The number of carbonyl (C=O) groups is 3. The predicted molar refractivity (Wildman–Crippen MR) is 146 cm³/mol. The SMILES string of the molecule is C#CCOCCOCCOCC=O.CNC(CCN)C(=O)Nc1ccc(OC2CC(O)CC(C(=O)O)O2)c(C(F)F)c1. The van der Waals surface area contributed by atoms with Gasteiger partial charge in [-0.3, -0.25) is 4.79 Å². The Hall–Kier alpha value is -3.23. The second-order valence-electron chi connectivity index (χ2n) is 8.71. The number of nitrogens with two attached hydrogens (primary N) is 1. The molecule has 0 aromatic heterocycles. The highest BCUT2D eigenvalue weighted by Gasteiger charge is 2.34. The number of alkyl halides is 2. The second kappa shape index (κ2) is 21.5. The Morgan fingerprint density at radius 2 is 1.90 bits per heavy atom. The van der Waals surface area contributed by atoms with E-state index >= 15 is 0 Å². The first-order chi connectivity index (χ1) is 20.2. The summed E-state index contributed by atoms with van der Waals surface area (Å²) < 4.78 is 52.5. The van der Waals surface area contributed by atoms with Crippen molar-refractivity contribution in [2.75, 3.05) is 58.6 Å². The summed E-state index contributed by atoms with van der Waals surface area (Å²) >= 11 is 0. The highest BCUT2D eigenvalue weighted by molar-refractivity contribution is 5.95. The van der Waals surface area contributed by atoms with Gasteiger partial charge in [0.2, 0.25) is 12.2 Å². The van der Waals surface area contributed by atoms with Crippen LogP contribution in [0.4, 0.5) is 14.5 Å². The van der Waals surface area contributed by atoms with Crippen LogP contribution in [0.1, 0.15) is 31.3 Å². The molecule has 0 saturated carbocycles. The Kier molecular flexibility index (Phi) is 18.8. The molecule has 0 spiro atoms. The lowest BCUT2D eigenvalue weighted by Gasteiger charge is -2.31. The third-order valence-corrected chi connectivity index (χ3v) is 5.55. The van der Waals surface area contributed by atoms with Gasteiger partial charge in [0.1, 0.15) is 25.2 Å². The molecule has 1 saturated heterocycles. The molecule has 1 aromatic rings. The lowest BCUT2D eigenvalue weighted by atomic mass is 10.1. The maximum absolute atomic E-state index is 13.5. The Bertz CT molecular complexity index is 995. The van der Waals surface area contributed by atoms with E-state index in [1.807, 2.05) is 0 Å². The van der Waals surface area contributed by atoms with Crippen molar-refractivity contribution >= 4 is 23.9 Å². The van der Waals surface area contributed by atoms with E-state index in [0.29, 0.717) is 45.7 Å². The van der Waals surface area contributed by atoms with Crippen LogP contribution >= 0.6 is 0 Å². The minimum atomic E-state index is -2.92. The number of benzene rings is 1. The van der Waals surface area contributed by atoms with E-state index in [0.717, 1.165) is 6.07 Å². The fourth-order valence-electron chi connectivity index (χ4n) is 3.54. The number of anilines is 1. The molecule has 4 atom stereocenters. The van der Waals surface area contributed by atoms with Gasteiger partial charge >= 0.3 is 5.97 Å². The number of hydrogen-bond acceptors (Lipinski definition) is 11. The van der Waals surface area contributed by atoms with E-state index < -0.39 is 48.4 Å². The largest absolute Gasteiger partial charge is 0.479 e. The molecule has 13 nitrogen and oxygen atoms in total. The summed E-state index contributed by atoms with van der Waals surface area (Å²) in [5, 5.41) is 24.2. The lowest BCUT2D eigenvalue weighted by Crippen LogP contribution is -2.42. The molecular weight excluding hydrogens is 564 g/mol. The number of rotatable bonds is 18. The summed E-state index contributed by atoms with van der Waals surface area (Å²) in [5.74, 6) is 0.419. The van der Waals surface area contributed by atoms with Gasteiger partial charge in [-0.15, -0.1) is 6.42 Å². The van der Waals surface area contributed by atoms with Crippen LogP contribution in [0.2, 0.25) is 0 Å². The van der Waals surface area contributed by atoms with Crippen molar-refractivity contribution in [3.63, 3.8) is 0 Å². The van der Waals surface area contributed by atoms with E-state index in [1.165, 1.54) is 12.1 Å². The molecule has 0 aliphatic carbocycles. The van der Waals surface area contributed by atoms with Gasteiger partial charge in [-0.05, 0) is 38.2 Å². The quantitative estimate of drug-likeness (QED) is 0.0899. The molecule has 6 N–H and O–H groups in total. The number of hydrogen-bond donors (Lipinski definition) is 5. The number of likely N-dealkylation sites (N-methyl/N-ethyl adjacent to an activating group) is 1. The van der Waals surface area contributed by atoms with Crippen LogP contribution < -0.4 is 21.1 Å². The number of aldehydes is 1. The van der Waals surface area contributed by atoms with Crippen molar-refractivity contribution in [2.24, 2.45) is 5.73 Å². The number of aliphatic hydroxyl groups is 1.